The summed E-state index contributed by atoms with van der Waals surface area (Å²) in [5.41, 5.74) is 0. The number of likely N-dealkylation sites (N-methyl/N-ethyl adjacent to an activating group) is 1. The molecule has 2 saturated heterocycles. The minimum atomic E-state index is 0.548. The molecule has 6 heteroatoms. The molecule has 0 radical (unpaired) electrons. The van der Waals surface area contributed by atoms with Gasteiger partial charge in [-0.05, 0) is 52.0 Å². The number of nitrogens with one attached hydrogen (secondary N) is 2. The van der Waals surface area contributed by atoms with E-state index in [1.54, 1.807) is 0 Å². The first kappa shape index (κ1) is 20.9. The van der Waals surface area contributed by atoms with E-state index in [1.807, 2.05) is 0 Å². The van der Waals surface area contributed by atoms with E-state index in [1.165, 1.54) is 64.6 Å². The summed E-state index contributed by atoms with van der Waals surface area (Å²) in [6.07, 6.45) is 9.18. The van der Waals surface area contributed by atoms with Gasteiger partial charge in [0.15, 0.2) is 5.96 Å². The summed E-state index contributed by atoms with van der Waals surface area (Å²) in [5, 5.41) is 7.12. The zero-order chi connectivity index (χ0) is 18.9. The van der Waals surface area contributed by atoms with Crippen LogP contribution in [0.2, 0.25) is 0 Å². The van der Waals surface area contributed by atoms with Crippen LogP contribution in [0.3, 0.4) is 0 Å². The smallest absolute Gasteiger partial charge is 0.191 e. The van der Waals surface area contributed by atoms with Crippen molar-refractivity contribution in [3.05, 3.63) is 0 Å². The highest BCUT2D eigenvalue weighted by Crippen LogP contribution is 2.22. The fraction of sp³-hybridized carbons (Fsp3) is 0.952. The molecule has 0 spiro atoms. The summed E-state index contributed by atoms with van der Waals surface area (Å²) >= 11 is 0. The van der Waals surface area contributed by atoms with Crippen LogP contribution in [-0.2, 0) is 4.74 Å². The van der Waals surface area contributed by atoms with Gasteiger partial charge in [-0.1, -0.05) is 12.8 Å². The molecule has 0 bridgehead atoms. The van der Waals surface area contributed by atoms with Crippen LogP contribution in [0.15, 0.2) is 4.99 Å². The third-order valence-electron chi connectivity index (χ3n) is 6.48. The zero-order valence-corrected chi connectivity index (χ0v) is 17.6. The van der Waals surface area contributed by atoms with Gasteiger partial charge in [-0.15, -0.1) is 0 Å². The lowest BCUT2D eigenvalue weighted by molar-refractivity contribution is 0.150. The van der Waals surface area contributed by atoms with Gasteiger partial charge in [-0.25, -0.2) is 0 Å². The Morgan fingerprint density at radius 2 is 1.93 bits per heavy atom. The normalized spacial score (nSPS) is 26.2. The SMILES string of the molecule is CCNC(=NCCN(C)C1CCCC1)NC1CCN(CC2CCOC2)CC1. The van der Waals surface area contributed by atoms with Crippen LogP contribution in [-0.4, -0.2) is 87.4 Å². The maximum absolute atomic E-state index is 5.52. The number of hydrogen-bond donors (Lipinski definition) is 2. The third kappa shape index (κ3) is 6.91. The second kappa shape index (κ2) is 11.2. The van der Waals surface area contributed by atoms with E-state index in [9.17, 15) is 0 Å². The number of likely N-dealkylation sites (tertiary alicyclic amines) is 1. The monoisotopic (exact) mass is 379 g/mol. The Morgan fingerprint density at radius 1 is 1.15 bits per heavy atom. The first-order chi connectivity index (χ1) is 13.2. The molecule has 3 rings (SSSR count). The Morgan fingerprint density at radius 3 is 2.59 bits per heavy atom. The second-order valence-corrected chi connectivity index (χ2v) is 8.63. The van der Waals surface area contributed by atoms with Crippen LogP contribution in [0.1, 0.15) is 51.9 Å². The number of hydrogen-bond acceptors (Lipinski definition) is 4. The highest BCUT2D eigenvalue weighted by Gasteiger charge is 2.24. The molecule has 1 saturated carbocycles. The summed E-state index contributed by atoms with van der Waals surface area (Å²) in [6, 6.07) is 1.33. The number of nitrogens with zero attached hydrogens (tertiary/aromatic N) is 3. The van der Waals surface area contributed by atoms with Gasteiger partial charge in [0, 0.05) is 51.4 Å². The predicted octanol–water partition coefficient (Wildman–Crippen LogP) is 1.92. The van der Waals surface area contributed by atoms with E-state index in [0.717, 1.165) is 50.8 Å². The van der Waals surface area contributed by atoms with Gasteiger partial charge in [0.1, 0.15) is 0 Å². The van der Waals surface area contributed by atoms with Crippen LogP contribution in [0, 0.1) is 5.92 Å². The van der Waals surface area contributed by atoms with E-state index in [2.05, 4.69) is 34.4 Å². The summed E-state index contributed by atoms with van der Waals surface area (Å²) in [4.78, 5) is 9.97. The molecule has 1 atom stereocenters. The Labute approximate surface area is 166 Å². The maximum Gasteiger partial charge on any atom is 0.191 e. The standard InChI is InChI=1S/C21H41N5O/c1-3-22-21(23-11-14-25(2)20-6-4-5-7-20)24-19-8-12-26(13-9-19)16-18-10-15-27-17-18/h18-20H,3-17H2,1-2H3,(H2,22,23,24). The van der Waals surface area contributed by atoms with E-state index < -0.39 is 0 Å². The molecule has 1 aliphatic carbocycles. The number of rotatable bonds is 8. The summed E-state index contributed by atoms with van der Waals surface area (Å²) < 4.78 is 5.52. The largest absolute Gasteiger partial charge is 0.381 e. The van der Waals surface area contributed by atoms with E-state index in [4.69, 9.17) is 9.73 Å². The van der Waals surface area contributed by atoms with E-state index >= 15 is 0 Å². The van der Waals surface area contributed by atoms with Gasteiger partial charge < -0.3 is 25.2 Å². The second-order valence-electron chi connectivity index (χ2n) is 8.63. The highest BCUT2D eigenvalue weighted by molar-refractivity contribution is 5.80. The van der Waals surface area contributed by atoms with Crippen molar-refractivity contribution in [2.75, 3.05) is 59.5 Å². The summed E-state index contributed by atoms with van der Waals surface area (Å²) in [5.74, 6) is 1.75. The number of guanidine groups is 1. The van der Waals surface area contributed by atoms with Gasteiger partial charge in [-0.2, -0.15) is 0 Å². The number of piperidine rings is 1. The Bertz CT molecular complexity index is 438. The predicted molar refractivity (Wildman–Crippen MR) is 112 cm³/mol. The van der Waals surface area contributed by atoms with Gasteiger partial charge in [-0.3, -0.25) is 4.99 Å². The molecular weight excluding hydrogens is 338 g/mol. The van der Waals surface area contributed by atoms with Gasteiger partial charge in [0.25, 0.3) is 0 Å². The van der Waals surface area contributed by atoms with Crippen molar-refractivity contribution in [2.45, 2.75) is 64.0 Å². The fourth-order valence-corrected chi connectivity index (χ4v) is 4.71. The van der Waals surface area contributed by atoms with Crippen molar-refractivity contribution in [3.63, 3.8) is 0 Å². The molecule has 0 amide bonds. The molecule has 2 heterocycles. The van der Waals surface area contributed by atoms with Crippen LogP contribution >= 0.6 is 0 Å². The van der Waals surface area contributed by atoms with Crippen LogP contribution < -0.4 is 10.6 Å². The lowest BCUT2D eigenvalue weighted by atomic mass is 10.0. The molecule has 156 valence electrons. The summed E-state index contributed by atoms with van der Waals surface area (Å²) in [7, 11) is 2.26. The first-order valence-corrected chi connectivity index (χ1v) is 11.3. The lowest BCUT2D eigenvalue weighted by Crippen LogP contribution is -2.49. The van der Waals surface area contributed by atoms with E-state index in [-0.39, 0.29) is 0 Å². The molecule has 3 aliphatic rings. The van der Waals surface area contributed by atoms with Crippen molar-refractivity contribution in [2.24, 2.45) is 10.9 Å². The molecular formula is C21H41N5O. The molecule has 3 fully saturated rings. The Hall–Kier alpha value is -0.850. The molecule has 2 aliphatic heterocycles. The molecule has 0 aromatic heterocycles. The van der Waals surface area contributed by atoms with Crippen molar-refractivity contribution in [3.8, 4) is 0 Å². The molecule has 1 unspecified atom stereocenters. The fourth-order valence-electron chi connectivity index (χ4n) is 4.71. The minimum Gasteiger partial charge on any atom is -0.381 e. The molecule has 27 heavy (non-hydrogen) atoms. The van der Waals surface area contributed by atoms with Crippen LogP contribution in [0.5, 0.6) is 0 Å². The van der Waals surface area contributed by atoms with Crippen molar-refractivity contribution < 1.29 is 4.74 Å². The van der Waals surface area contributed by atoms with Gasteiger partial charge >= 0.3 is 0 Å². The lowest BCUT2D eigenvalue weighted by Gasteiger charge is -2.34. The first-order valence-electron chi connectivity index (χ1n) is 11.3. The molecule has 2 N–H and O–H groups in total. The Kier molecular flexibility index (Phi) is 8.68. The van der Waals surface area contributed by atoms with Crippen molar-refractivity contribution in [1.82, 2.24) is 20.4 Å². The highest BCUT2D eigenvalue weighted by atomic mass is 16.5. The molecule has 0 aromatic rings. The average Bonchev–Trinajstić information content (AvgIpc) is 3.37. The van der Waals surface area contributed by atoms with Crippen LogP contribution in [0.4, 0.5) is 0 Å². The average molecular weight is 380 g/mol. The number of ether oxygens (including phenoxy) is 1. The third-order valence-corrected chi connectivity index (χ3v) is 6.48. The molecule has 6 nitrogen and oxygen atoms in total. The van der Waals surface area contributed by atoms with Crippen LogP contribution in [0.25, 0.3) is 0 Å². The van der Waals surface area contributed by atoms with Crippen molar-refractivity contribution >= 4 is 5.96 Å². The quantitative estimate of drug-likeness (QED) is 0.498. The zero-order valence-electron chi connectivity index (χ0n) is 17.6. The topological polar surface area (TPSA) is 52.1 Å². The van der Waals surface area contributed by atoms with Crippen molar-refractivity contribution in [1.29, 1.82) is 0 Å². The molecule has 0 aromatic carbocycles. The minimum absolute atomic E-state index is 0.548. The number of aliphatic imine (C=N–C) groups is 1. The van der Waals surface area contributed by atoms with Gasteiger partial charge in [0.05, 0.1) is 13.2 Å². The maximum atomic E-state index is 5.52. The van der Waals surface area contributed by atoms with Gasteiger partial charge in [0.2, 0.25) is 0 Å². The summed E-state index contributed by atoms with van der Waals surface area (Å²) in [6.45, 7) is 10.5. The Balaban J connectivity index is 1.37. The van der Waals surface area contributed by atoms with E-state index in [0.29, 0.717) is 6.04 Å².